The Kier molecular flexibility index (Phi) is 5.56. The molecule has 1 saturated carbocycles. The zero-order chi connectivity index (χ0) is 20.5. The Morgan fingerprint density at radius 2 is 1.86 bits per heavy atom. The lowest BCUT2D eigenvalue weighted by Crippen LogP contribution is -2.53. The number of anilines is 3. The van der Waals surface area contributed by atoms with Crippen LogP contribution in [0.15, 0.2) is 24.3 Å². The maximum atomic E-state index is 14.7. The van der Waals surface area contributed by atoms with E-state index in [1.54, 1.807) is 0 Å². The molecule has 3 rings (SSSR count). The van der Waals surface area contributed by atoms with Gasteiger partial charge in [-0.15, -0.1) is 0 Å². The van der Waals surface area contributed by atoms with Crippen LogP contribution in [0.25, 0.3) is 0 Å². The van der Waals surface area contributed by atoms with E-state index in [4.69, 9.17) is 11.5 Å². The summed E-state index contributed by atoms with van der Waals surface area (Å²) in [7, 11) is 0. The number of aromatic nitrogens is 1. The molecule has 1 aromatic heterocycles. The first-order valence-corrected chi connectivity index (χ1v) is 9.57. The van der Waals surface area contributed by atoms with E-state index in [9.17, 15) is 9.18 Å². The first-order chi connectivity index (χ1) is 13.2. The highest BCUT2D eigenvalue weighted by Crippen LogP contribution is 2.32. The minimum absolute atomic E-state index is 0.000282. The molecule has 150 valence electrons. The topological polar surface area (TPSA) is 106 Å². The van der Waals surface area contributed by atoms with Crippen LogP contribution in [0.1, 0.15) is 54.1 Å². The van der Waals surface area contributed by atoms with Crippen molar-refractivity contribution in [2.24, 2.45) is 11.5 Å². The highest BCUT2D eigenvalue weighted by molar-refractivity contribution is 5.98. The van der Waals surface area contributed by atoms with Gasteiger partial charge in [-0.1, -0.05) is 18.9 Å². The Morgan fingerprint density at radius 1 is 1.18 bits per heavy atom. The van der Waals surface area contributed by atoms with Crippen molar-refractivity contribution in [3.05, 3.63) is 46.8 Å². The summed E-state index contributed by atoms with van der Waals surface area (Å²) in [6, 6.07) is 6.91. The monoisotopic (exact) mass is 385 g/mol. The lowest BCUT2D eigenvalue weighted by molar-refractivity contribution is 0.100. The van der Waals surface area contributed by atoms with Crippen LogP contribution < -0.4 is 22.1 Å². The number of halogens is 1. The molecule has 6 N–H and O–H groups in total. The average Bonchev–Trinajstić information content (AvgIpc) is 2.59. The number of hydrogen-bond acceptors (Lipinski definition) is 5. The molecule has 0 saturated heterocycles. The first-order valence-electron chi connectivity index (χ1n) is 9.57. The van der Waals surface area contributed by atoms with Crippen molar-refractivity contribution in [3.8, 4) is 0 Å². The second kappa shape index (κ2) is 7.75. The van der Waals surface area contributed by atoms with Crippen molar-refractivity contribution < 1.29 is 9.18 Å². The standard InChI is InChI=1S/C21H28FN5O/c1-12-8-13(2)10-14(9-12)25-19-15(18(24)28)11-16(22)20(26-19)27-21(3)7-5-4-6-17(21)23/h8-11,17H,4-7,23H2,1-3H3,(H2,24,28)(H2,25,26,27)/t17-,21+/m0/s1. The third kappa shape index (κ3) is 4.25. The van der Waals surface area contributed by atoms with Crippen LogP contribution >= 0.6 is 0 Å². The van der Waals surface area contributed by atoms with E-state index in [1.165, 1.54) is 0 Å². The van der Waals surface area contributed by atoms with Crippen molar-refractivity contribution >= 4 is 23.2 Å². The summed E-state index contributed by atoms with van der Waals surface area (Å²) in [6.07, 6.45) is 3.78. The zero-order valence-electron chi connectivity index (χ0n) is 16.6. The Balaban J connectivity index is 1.98. The minimum atomic E-state index is -0.745. The van der Waals surface area contributed by atoms with Gasteiger partial charge in [-0.25, -0.2) is 9.37 Å². The van der Waals surface area contributed by atoms with E-state index in [2.05, 4.69) is 15.6 Å². The fraction of sp³-hybridized carbons (Fsp3) is 0.429. The van der Waals surface area contributed by atoms with E-state index in [-0.39, 0.29) is 23.2 Å². The van der Waals surface area contributed by atoms with Crippen LogP contribution in [0.4, 0.5) is 21.7 Å². The van der Waals surface area contributed by atoms with Gasteiger partial charge in [0.1, 0.15) is 5.82 Å². The number of carbonyl (C=O) groups is 1. The van der Waals surface area contributed by atoms with Crippen LogP contribution in [0.3, 0.4) is 0 Å². The van der Waals surface area contributed by atoms with E-state index >= 15 is 0 Å². The van der Waals surface area contributed by atoms with Gasteiger partial charge < -0.3 is 22.1 Å². The molecule has 28 heavy (non-hydrogen) atoms. The van der Waals surface area contributed by atoms with Crippen LogP contribution in [0, 0.1) is 19.7 Å². The van der Waals surface area contributed by atoms with Gasteiger partial charge in [-0.3, -0.25) is 4.79 Å². The Hall–Kier alpha value is -2.67. The highest BCUT2D eigenvalue weighted by Gasteiger charge is 2.35. The van der Waals surface area contributed by atoms with Crippen molar-refractivity contribution in [1.29, 1.82) is 0 Å². The van der Waals surface area contributed by atoms with Gasteiger partial charge in [-0.05, 0) is 62.9 Å². The fourth-order valence-electron chi connectivity index (χ4n) is 3.83. The molecular weight excluding hydrogens is 357 g/mol. The van der Waals surface area contributed by atoms with Gasteiger partial charge in [0.25, 0.3) is 5.91 Å². The van der Waals surface area contributed by atoms with Gasteiger partial charge in [0.2, 0.25) is 0 Å². The largest absolute Gasteiger partial charge is 0.365 e. The highest BCUT2D eigenvalue weighted by atomic mass is 19.1. The molecule has 7 heteroatoms. The number of pyridine rings is 1. The molecule has 2 atom stereocenters. The molecule has 0 unspecified atom stereocenters. The molecule has 1 fully saturated rings. The van der Waals surface area contributed by atoms with Gasteiger partial charge in [-0.2, -0.15) is 0 Å². The number of amides is 1. The lowest BCUT2D eigenvalue weighted by Gasteiger charge is -2.40. The molecule has 0 spiro atoms. The quantitative estimate of drug-likeness (QED) is 0.627. The summed E-state index contributed by atoms with van der Waals surface area (Å²) in [6.45, 7) is 5.93. The van der Waals surface area contributed by atoms with Gasteiger partial charge >= 0.3 is 0 Å². The maximum absolute atomic E-state index is 14.7. The molecule has 1 amide bonds. The fourth-order valence-corrected chi connectivity index (χ4v) is 3.83. The Labute approximate surface area is 164 Å². The van der Waals surface area contributed by atoms with Crippen molar-refractivity contribution in [2.45, 2.75) is 58.0 Å². The third-order valence-electron chi connectivity index (χ3n) is 5.41. The predicted octanol–water partition coefficient (Wildman–Crippen LogP) is 3.75. The number of nitrogens with two attached hydrogens (primary N) is 2. The van der Waals surface area contributed by atoms with Gasteiger partial charge in [0.05, 0.1) is 11.1 Å². The smallest absolute Gasteiger partial charge is 0.252 e. The minimum Gasteiger partial charge on any atom is -0.365 e. The molecule has 1 aliphatic carbocycles. The Morgan fingerprint density at radius 3 is 2.46 bits per heavy atom. The molecule has 0 aliphatic heterocycles. The first kappa shape index (κ1) is 20.1. The molecule has 1 aromatic carbocycles. The van der Waals surface area contributed by atoms with Crippen LogP contribution in [0.2, 0.25) is 0 Å². The number of rotatable bonds is 5. The van der Waals surface area contributed by atoms with Gasteiger partial charge in [0, 0.05) is 11.7 Å². The second-order valence-electron chi connectivity index (χ2n) is 7.98. The maximum Gasteiger partial charge on any atom is 0.252 e. The number of hydrogen-bond donors (Lipinski definition) is 4. The van der Waals surface area contributed by atoms with E-state index in [0.29, 0.717) is 0 Å². The summed E-state index contributed by atoms with van der Waals surface area (Å²) < 4.78 is 14.7. The summed E-state index contributed by atoms with van der Waals surface area (Å²) in [5.74, 6) is -1.09. The SMILES string of the molecule is Cc1cc(C)cc(Nc2nc(N[C@]3(C)CCCC[C@@H]3N)c(F)cc2C(N)=O)c1. The second-order valence-corrected chi connectivity index (χ2v) is 7.98. The number of nitrogens with zero attached hydrogens (tertiary/aromatic N) is 1. The molecule has 0 radical (unpaired) electrons. The number of nitrogens with one attached hydrogen (secondary N) is 2. The number of aryl methyl sites for hydroxylation is 2. The van der Waals surface area contributed by atoms with E-state index < -0.39 is 17.3 Å². The average molecular weight is 385 g/mol. The zero-order valence-corrected chi connectivity index (χ0v) is 16.6. The summed E-state index contributed by atoms with van der Waals surface area (Å²) in [5, 5.41) is 6.30. The van der Waals surface area contributed by atoms with Crippen molar-refractivity contribution in [1.82, 2.24) is 4.98 Å². The summed E-state index contributed by atoms with van der Waals surface area (Å²) in [5.41, 5.74) is 14.1. The number of carbonyl (C=O) groups excluding carboxylic acids is 1. The lowest BCUT2D eigenvalue weighted by atomic mass is 9.79. The van der Waals surface area contributed by atoms with Crippen molar-refractivity contribution in [2.75, 3.05) is 10.6 Å². The number of primary amides is 1. The van der Waals surface area contributed by atoms with E-state index in [0.717, 1.165) is 48.6 Å². The third-order valence-corrected chi connectivity index (χ3v) is 5.41. The molecule has 2 aromatic rings. The summed E-state index contributed by atoms with van der Waals surface area (Å²) in [4.78, 5) is 16.2. The molecule has 1 aliphatic rings. The Bertz CT molecular complexity index is 880. The van der Waals surface area contributed by atoms with Crippen LogP contribution in [0.5, 0.6) is 0 Å². The van der Waals surface area contributed by atoms with Crippen molar-refractivity contribution in [3.63, 3.8) is 0 Å². The van der Waals surface area contributed by atoms with Crippen LogP contribution in [-0.2, 0) is 0 Å². The van der Waals surface area contributed by atoms with Gasteiger partial charge in [0.15, 0.2) is 11.6 Å². The normalized spacial score (nSPS) is 22.0. The molecule has 0 bridgehead atoms. The van der Waals surface area contributed by atoms with E-state index in [1.807, 2.05) is 39.0 Å². The summed E-state index contributed by atoms with van der Waals surface area (Å²) >= 11 is 0. The van der Waals surface area contributed by atoms with Crippen LogP contribution in [-0.4, -0.2) is 22.5 Å². The number of benzene rings is 1. The predicted molar refractivity (Wildman–Crippen MR) is 110 cm³/mol. The molecular formula is C21H28FN5O. The molecule has 1 heterocycles. The molecule has 6 nitrogen and oxygen atoms in total.